The molecule has 0 aromatic heterocycles. The van der Waals surface area contributed by atoms with Crippen molar-refractivity contribution in [3.8, 4) is 0 Å². The molecule has 92 valence electrons. The summed E-state index contributed by atoms with van der Waals surface area (Å²) in [7, 11) is 0. The highest BCUT2D eigenvalue weighted by Gasteiger charge is 1.95. The predicted octanol–water partition coefficient (Wildman–Crippen LogP) is 3.15. The quantitative estimate of drug-likeness (QED) is 0.724. The van der Waals surface area contributed by atoms with Gasteiger partial charge in [0.15, 0.2) is 0 Å². The highest BCUT2D eigenvalue weighted by molar-refractivity contribution is 5.14. The Morgan fingerprint density at radius 1 is 1.29 bits per heavy atom. The van der Waals surface area contributed by atoms with Crippen molar-refractivity contribution < 1.29 is 0 Å². The lowest BCUT2D eigenvalue weighted by Crippen LogP contribution is -2.25. The molecule has 0 spiro atoms. The first-order valence-corrected chi connectivity index (χ1v) is 6.00. The zero-order chi connectivity index (χ0) is 12.5. The second kappa shape index (κ2) is 7.69. The molecule has 0 aliphatic rings. The van der Waals surface area contributed by atoms with E-state index < -0.39 is 0 Å². The van der Waals surface area contributed by atoms with Crippen LogP contribution in [0.25, 0.3) is 0 Å². The molecule has 0 unspecified atom stereocenters. The smallest absolute Gasteiger partial charge is 0.0344 e. The molecule has 1 aromatic rings. The van der Waals surface area contributed by atoms with Crippen molar-refractivity contribution in [1.29, 1.82) is 0 Å². The number of hydrogen-bond donors (Lipinski definition) is 1. The van der Waals surface area contributed by atoms with Crippen LogP contribution < -0.4 is 5.32 Å². The van der Waals surface area contributed by atoms with Crippen LogP contribution in [0.3, 0.4) is 0 Å². The fourth-order valence-corrected chi connectivity index (χ4v) is 1.58. The van der Waals surface area contributed by atoms with E-state index >= 15 is 0 Å². The van der Waals surface area contributed by atoms with Crippen LogP contribution in [-0.2, 0) is 6.54 Å². The third kappa shape index (κ3) is 5.93. The average molecular weight is 230 g/mol. The number of allylic oxidation sites excluding steroid dienone is 1. The van der Waals surface area contributed by atoms with E-state index in [1.54, 1.807) is 0 Å². The molecular weight excluding hydrogens is 208 g/mol. The van der Waals surface area contributed by atoms with Gasteiger partial charge in [0.25, 0.3) is 0 Å². The molecule has 0 aliphatic carbocycles. The Balaban J connectivity index is 2.23. The molecule has 1 N–H and O–H groups in total. The van der Waals surface area contributed by atoms with E-state index in [1.807, 2.05) is 12.3 Å². The van der Waals surface area contributed by atoms with Crippen molar-refractivity contribution >= 4 is 0 Å². The fourth-order valence-electron chi connectivity index (χ4n) is 1.58. The van der Waals surface area contributed by atoms with Gasteiger partial charge in [-0.1, -0.05) is 42.5 Å². The maximum Gasteiger partial charge on any atom is 0.0344 e. The minimum absolute atomic E-state index is 0.917. The van der Waals surface area contributed by atoms with Crippen molar-refractivity contribution in [2.75, 3.05) is 13.1 Å². The first-order valence-electron chi connectivity index (χ1n) is 6.00. The zero-order valence-electron chi connectivity index (χ0n) is 10.8. The van der Waals surface area contributed by atoms with Crippen LogP contribution in [-0.4, -0.2) is 18.0 Å². The molecule has 0 saturated heterocycles. The lowest BCUT2D eigenvalue weighted by molar-refractivity contribution is 0.479. The number of nitrogens with one attached hydrogen (secondary N) is 1. The molecular formula is C15H22N2. The Morgan fingerprint density at radius 2 is 2.00 bits per heavy atom. The molecule has 1 rings (SSSR count). The van der Waals surface area contributed by atoms with Crippen molar-refractivity contribution in [1.82, 2.24) is 10.2 Å². The van der Waals surface area contributed by atoms with Gasteiger partial charge in [0.2, 0.25) is 0 Å². The number of benzene rings is 1. The second-order valence-electron chi connectivity index (χ2n) is 4.29. The first-order chi connectivity index (χ1) is 8.22. The van der Waals surface area contributed by atoms with E-state index in [9.17, 15) is 0 Å². The van der Waals surface area contributed by atoms with Crippen LogP contribution >= 0.6 is 0 Å². The summed E-state index contributed by atoms with van der Waals surface area (Å²) in [6.45, 7) is 10.8. The summed E-state index contributed by atoms with van der Waals surface area (Å²) < 4.78 is 0. The third-order valence-corrected chi connectivity index (χ3v) is 2.38. The Kier molecular flexibility index (Phi) is 6.12. The van der Waals surface area contributed by atoms with Gasteiger partial charge in [-0.05, 0) is 25.6 Å². The lowest BCUT2D eigenvalue weighted by atomic mass is 10.2. The number of nitrogens with zero attached hydrogens (tertiary/aromatic N) is 1. The van der Waals surface area contributed by atoms with Crippen molar-refractivity contribution in [3.05, 3.63) is 60.4 Å². The maximum absolute atomic E-state index is 3.80. The fraction of sp³-hybridized carbons (Fsp3) is 0.333. The Morgan fingerprint density at radius 3 is 2.59 bits per heavy atom. The third-order valence-electron chi connectivity index (χ3n) is 2.38. The Labute approximate surface area is 105 Å². The molecule has 17 heavy (non-hydrogen) atoms. The van der Waals surface area contributed by atoms with Crippen LogP contribution in [0.1, 0.15) is 19.4 Å². The van der Waals surface area contributed by atoms with Crippen LogP contribution in [0.4, 0.5) is 0 Å². The summed E-state index contributed by atoms with van der Waals surface area (Å²) in [6.07, 6.45) is 3.97. The summed E-state index contributed by atoms with van der Waals surface area (Å²) in [5.74, 6) is 0. The number of hydrogen-bond acceptors (Lipinski definition) is 2. The van der Waals surface area contributed by atoms with E-state index in [-0.39, 0.29) is 0 Å². The molecule has 0 radical (unpaired) electrons. The molecule has 0 saturated carbocycles. The normalized spacial score (nSPS) is 9.76. The summed E-state index contributed by atoms with van der Waals surface area (Å²) >= 11 is 0. The van der Waals surface area contributed by atoms with Gasteiger partial charge in [-0.25, -0.2) is 0 Å². The molecule has 0 heterocycles. The lowest BCUT2D eigenvalue weighted by Gasteiger charge is -2.16. The van der Waals surface area contributed by atoms with Crippen molar-refractivity contribution in [2.45, 2.75) is 20.4 Å². The zero-order valence-corrected chi connectivity index (χ0v) is 10.8. The minimum atomic E-state index is 0.917. The summed E-state index contributed by atoms with van der Waals surface area (Å²) in [5, 5.41) is 3.42. The highest BCUT2D eigenvalue weighted by Crippen LogP contribution is 1.98. The highest BCUT2D eigenvalue weighted by atomic mass is 15.1. The SMILES string of the molecule is C=CN(C=C(C)C)CCNCc1ccccc1. The largest absolute Gasteiger partial charge is 0.354 e. The van der Waals surface area contributed by atoms with Crippen molar-refractivity contribution in [3.63, 3.8) is 0 Å². The van der Waals surface area contributed by atoms with Crippen LogP contribution in [0.5, 0.6) is 0 Å². The molecule has 1 aromatic carbocycles. The van der Waals surface area contributed by atoms with Gasteiger partial charge in [0.05, 0.1) is 0 Å². The summed E-state index contributed by atoms with van der Waals surface area (Å²) in [5.41, 5.74) is 2.60. The molecule has 0 bridgehead atoms. The summed E-state index contributed by atoms with van der Waals surface area (Å²) in [6, 6.07) is 10.4. The van der Waals surface area contributed by atoms with Gasteiger partial charge in [-0.15, -0.1) is 0 Å². The number of rotatable bonds is 7. The molecule has 0 fully saturated rings. The molecule has 0 aliphatic heterocycles. The first kappa shape index (κ1) is 13.5. The van der Waals surface area contributed by atoms with Gasteiger partial charge in [0, 0.05) is 25.8 Å². The average Bonchev–Trinajstić information content (AvgIpc) is 2.34. The van der Waals surface area contributed by atoms with Gasteiger partial charge >= 0.3 is 0 Å². The molecule has 2 nitrogen and oxygen atoms in total. The van der Waals surface area contributed by atoms with Gasteiger partial charge in [-0.2, -0.15) is 0 Å². The molecule has 2 heteroatoms. The monoisotopic (exact) mass is 230 g/mol. The Bertz CT molecular complexity index is 350. The Hall–Kier alpha value is -1.54. The van der Waals surface area contributed by atoms with E-state index in [0.717, 1.165) is 19.6 Å². The second-order valence-corrected chi connectivity index (χ2v) is 4.29. The van der Waals surface area contributed by atoms with E-state index in [4.69, 9.17) is 0 Å². The standard InChI is InChI=1S/C15H22N2/c1-4-17(13-14(2)3)11-10-16-12-15-8-6-5-7-9-15/h4-9,13,16H,1,10-12H2,2-3H3. The topological polar surface area (TPSA) is 15.3 Å². The predicted molar refractivity (Wildman–Crippen MR) is 74.5 cm³/mol. The van der Waals surface area contributed by atoms with E-state index in [1.165, 1.54) is 11.1 Å². The van der Waals surface area contributed by atoms with Crippen LogP contribution in [0, 0.1) is 0 Å². The van der Waals surface area contributed by atoms with Crippen LogP contribution in [0.2, 0.25) is 0 Å². The molecule has 0 amide bonds. The van der Waals surface area contributed by atoms with E-state index in [0.29, 0.717) is 0 Å². The van der Waals surface area contributed by atoms with Crippen molar-refractivity contribution in [2.24, 2.45) is 0 Å². The summed E-state index contributed by atoms with van der Waals surface area (Å²) in [4.78, 5) is 2.10. The van der Waals surface area contributed by atoms with Gasteiger partial charge in [0.1, 0.15) is 0 Å². The van der Waals surface area contributed by atoms with E-state index in [2.05, 4.69) is 61.1 Å². The molecule has 0 atom stereocenters. The minimum Gasteiger partial charge on any atom is -0.354 e. The van der Waals surface area contributed by atoms with Gasteiger partial charge in [-0.3, -0.25) is 0 Å². The van der Waals surface area contributed by atoms with Gasteiger partial charge < -0.3 is 10.2 Å². The van der Waals surface area contributed by atoms with Crippen LogP contribution in [0.15, 0.2) is 54.9 Å². The maximum atomic E-state index is 3.80.